The van der Waals surface area contributed by atoms with Crippen LogP contribution in [0.25, 0.3) is 0 Å². The summed E-state index contributed by atoms with van der Waals surface area (Å²) in [6.45, 7) is 8.04. The van der Waals surface area contributed by atoms with Crippen molar-refractivity contribution in [2.24, 2.45) is 5.92 Å². The summed E-state index contributed by atoms with van der Waals surface area (Å²) in [4.78, 5) is 0. The van der Waals surface area contributed by atoms with Gasteiger partial charge in [-0.3, -0.25) is 0 Å². The third kappa shape index (κ3) is 4.28. The van der Waals surface area contributed by atoms with E-state index in [-0.39, 0.29) is 0 Å². The second kappa shape index (κ2) is 7.22. The summed E-state index contributed by atoms with van der Waals surface area (Å²) in [5.74, 6) is 0.557. The predicted octanol–water partition coefficient (Wildman–Crippen LogP) is 3.06. The summed E-state index contributed by atoms with van der Waals surface area (Å²) in [6, 6.07) is 2.22. The third-order valence-electron chi connectivity index (χ3n) is 3.98. The first kappa shape index (κ1) is 16.9. The molecule has 0 aromatic carbocycles. The standard InChI is InChI=1S/C15H26N2O2S2/c1-4-17(10-13-6-5-7-13)21(18,19)15-8-14(11-20-15)9-16-12(2)3/h8,11-13,16H,4-7,9-10H2,1-3H3. The van der Waals surface area contributed by atoms with Gasteiger partial charge in [-0.2, -0.15) is 4.31 Å². The number of nitrogens with one attached hydrogen (secondary N) is 1. The number of thiophene rings is 1. The van der Waals surface area contributed by atoms with Gasteiger partial charge in [0.15, 0.2) is 0 Å². The van der Waals surface area contributed by atoms with E-state index in [2.05, 4.69) is 19.2 Å². The zero-order valence-electron chi connectivity index (χ0n) is 13.1. The number of hydrogen-bond acceptors (Lipinski definition) is 4. The normalized spacial score (nSPS) is 16.6. The van der Waals surface area contributed by atoms with Crippen LogP contribution in [0, 0.1) is 5.92 Å². The van der Waals surface area contributed by atoms with Crippen LogP contribution in [0.1, 0.15) is 45.6 Å². The van der Waals surface area contributed by atoms with Crippen molar-refractivity contribution in [2.75, 3.05) is 13.1 Å². The van der Waals surface area contributed by atoms with Gasteiger partial charge in [-0.25, -0.2) is 8.42 Å². The van der Waals surface area contributed by atoms with Crippen LogP contribution in [0.3, 0.4) is 0 Å². The van der Waals surface area contributed by atoms with Crippen LogP contribution in [0.15, 0.2) is 15.7 Å². The van der Waals surface area contributed by atoms with E-state index in [0.717, 1.165) is 12.1 Å². The Balaban J connectivity index is 2.06. The maximum absolute atomic E-state index is 12.7. The van der Waals surface area contributed by atoms with Crippen molar-refractivity contribution in [3.63, 3.8) is 0 Å². The van der Waals surface area contributed by atoms with Crippen LogP contribution < -0.4 is 5.32 Å². The molecule has 1 aromatic rings. The smallest absolute Gasteiger partial charge is 0.252 e. The molecule has 0 unspecified atom stereocenters. The van der Waals surface area contributed by atoms with E-state index in [1.165, 1.54) is 30.6 Å². The number of sulfonamides is 1. The highest BCUT2D eigenvalue weighted by molar-refractivity contribution is 7.91. The molecule has 120 valence electrons. The molecule has 21 heavy (non-hydrogen) atoms. The molecule has 0 atom stereocenters. The Morgan fingerprint density at radius 1 is 1.43 bits per heavy atom. The van der Waals surface area contributed by atoms with E-state index < -0.39 is 10.0 Å². The van der Waals surface area contributed by atoms with Gasteiger partial charge in [0.25, 0.3) is 10.0 Å². The lowest BCUT2D eigenvalue weighted by atomic mass is 9.85. The van der Waals surface area contributed by atoms with Gasteiger partial charge in [-0.15, -0.1) is 11.3 Å². The van der Waals surface area contributed by atoms with Crippen molar-refractivity contribution >= 4 is 21.4 Å². The van der Waals surface area contributed by atoms with Crippen LogP contribution in [0.4, 0.5) is 0 Å². The fraction of sp³-hybridized carbons (Fsp3) is 0.733. The Morgan fingerprint density at radius 3 is 2.67 bits per heavy atom. The molecule has 0 aliphatic heterocycles. The molecule has 1 saturated carbocycles. The molecule has 2 rings (SSSR count). The van der Waals surface area contributed by atoms with E-state index in [1.54, 1.807) is 4.31 Å². The molecule has 6 heteroatoms. The van der Waals surface area contributed by atoms with Gasteiger partial charge in [0, 0.05) is 25.7 Å². The zero-order valence-corrected chi connectivity index (χ0v) is 14.8. The van der Waals surface area contributed by atoms with E-state index in [9.17, 15) is 8.42 Å². The Hall–Kier alpha value is -0.430. The fourth-order valence-electron chi connectivity index (χ4n) is 2.39. The quantitative estimate of drug-likeness (QED) is 0.797. The van der Waals surface area contributed by atoms with Gasteiger partial charge in [0.2, 0.25) is 0 Å². The van der Waals surface area contributed by atoms with Gasteiger partial charge in [0.1, 0.15) is 4.21 Å². The van der Waals surface area contributed by atoms with E-state index >= 15 is 0 Å². The molecular weight excluding hydrogens is 304 g/mol. The van der Waals surface area contributed by atoms with Gasteiger partial charge >= 0.3 is 0 Å². The lowest BCUT2D eigenvalue weighted by Crippen LogP contribution is -2.36. The molecule has 4 nitrogen and oxygen atoms in total. The van der Waals surface area contributed by atoms with Crippen molar-refractivity contribution < 1.29 is 8.42 Å². The molecule has 1 fully saturated rings. The molecule has 0 amide bonds. The second-order valence-electron chi connectivity index (χ2n) is 6.06. The number of rotatable bonds is 8. The highest BCUT2D eigenvalue weighted by Crippen LogP contribution is 2.30. The van der Waals surface area contributed by atoms with E-state index in [0.29, 0.717) is 29.3 Å². The molecule has 1 N–H and O–H groups in total. The summed E-state index contributed by atoms with van der Waals surface area (Å²) in [5, 5.41) is 5.26. The molecule has 0 bridgehead atoms. The number of hydrogen-bond donors (Lipinski definition) is 1. The first-order valence-corrected chi connectivity index (χ1v) is 10.1. The molecular formula is C15H26N2O2S2. The summed E-state index contributed by atoms with van der Waals surface area (Å²) >= 11 is 1.33. The Bertz CT molecular complexity index is 548. The van der Waals surface area contributed by atoms with Gasteiger partial charge < -0.3 is 5.32 Å². The molecule has 1 aliphatic carbocycles. The molecule has 1 heterocycles. The minimum atomic E-state index is -3.32. The average molecular weight is 331 g/mol. The third-order valence-corrected chi connectivity index (χ3v) is 7.38. The van der Waals surface area contributed by atoms with Crippen molar-refractivity contribution in [1.82, 2.24) is 9.62 Å². The van der Waals surface area contributed by atoms with Crippen molar-refractivity contribution in [3.8, 4) is 0 Å². The van der Waals surface area contributed by atoms with Crippen molar-refractivity contribution in [2.45, 2.75) is 56.8 Å². The monoisotopic (exact) mass is 330 g/mol. The largest absolute Gasteiger partial charge is 0.310 e. The van der Waals surface area contributed by atoms with Crippen LogP contribution in [-0.4, -0.2) is 31.9 Å². The summed E-state index contributed by atoms with van der Waals surface area (Å²) in [7, 11) is -3.32. The first-order chi connectivity index (χ1) is 9.93. The average Bonchev–Trinajstić information content (AvgIpc) is 2.84. The summed E-state index contributed by atoms with van der Waals surface area (Å²) in [6.07, 6.45) is 3.58. The Kier molecular flexibility index (Phi) is 5.82. The highest BCUT2D eigenvalue weighted by Gasteiger charge is 2.29. The minimum Gasteiger partial charge on any atom is -0.310 e. The Labute approximate surface area is 132 Å². The zero-order chi connectivity index (χ0) is 15.5. The fourth-order valence-corrected chi connectivity index (χ4v) is 5.28. The Morgan fingerprint density at radius 2 is 2.14 bits per heavy atom. The molecule has 1 aliphatic rings. The minimum absolute atomic E-state index is 0.399. The van der Waals surface area contributed by atoms with Crippen molar-refractivity contribution in [1.29, 1.82) is 0 Å². The lowest BCUT2D eigenvalue weighted by Gasteiger charge is -2.30. The topological polar surface area (TPSA) is 49.4 Å². The predicted molar refractivity (Wildman–Crippen MR) is 88.1 cm³/mol. The van der Waals surface area contributed by atoms with E-state index in [1.807, 2.05) is 18.4 Å². The highest BCUT2D eigenvalue weighted by atomic mass is 32.2. The number of nitrogens with zero attached hydrogens (tertiary/aromatic N) is 1. The SMILES string of the molecule is CCN(CC1CCC1)S(=O)(=O)c1cc(CNC(C)C)cs1. The van der Waals surface area contributed by atoms with Gasteiger partial charge in [-0.1, -0.05) is 27.2 Å². The van der Waals surface area contributed by atoms with Crippen LogP contribution in [0.2, 0.25) is 0 Å². The maximum Gasteiger partial charge on any atom is 0.252 e. The summed E-state index contributed by atoms with van der Waals surface area (Å²) in [5.41, 5.74) is 1.05. The lowest BCUT2D eigenvalue weighted by molar-refractivity contribution is 0.250. The maximum atomic E-state index is 12.7. The first-order valence-electron chi connectivity index (χ1n) is 7.74. The second-order valence-corrected chi connectivity index (χ2v) is 9.14. The van der Waals surface area contributed by atoms with Gasteiger partial charge in [-0.05, 0) is 35.8 Å². The van der Waals surface area contributed by atoms with Crippen LogP contribution in [0.5, 0.6) is 0 Å². The molecule has 1 aromatic heterocycles. The van der Waals surface area contributed by atoms with Crippen molar-refractivity contribution in [3.05, 3.63) is 17.0 Å². The molecule has 0 saturated heterocycles. The molecule has 0 radical (unpaired) electrons. The van der Waals surface area contributed by atoms with Gasteiger partial charge in [0.05, 0.1) is 0 Å². The van der Waals surface area contributed by atoms with E-state index in [4.69, 9.17) is 0 Å². The molecule has 0 spiro atoms. The van der Waals surface area contributed by atoms with Crippen LogP contribution in [-0.2, 0) is 16.6 Å². The van der Waals surface area contributed by atoms with Crippen LogP contribution >= 0.6 is 11.3 Å². The summed E-state index contributed by atoms with van der Waals surface area (Å²) < 4.78 is 27.5.